The summed E-state index contributed by atoms with van der Waals surface area (Å²) < 4.78 is 27.8. The molecule has 3 aromatic rings. The van der Waals surface area contributed by atoms with Crippen molar-refractivity contribution in [2.45, 2.75) is 49.6 Å². The normalized spacial score (nSPS) is 17.5. The van der Waals surface area contributed by atoms with Gasteiger partial charge < -0.3 is 16.0 Å². The summed E-state index contributed by atoms with van der Waals surface area (Å²) in [5.74, 6) is 0. The van der Waals surface area contributed by atoms with E-state index in [1.807, 2.05) is 6.07 Å². The third kappa shape index (κ3) is 5.76. The van der Waals surface area contributed by atoms with Gasteiger partial charge in [-0.15, -0.1) is 0 Å². The van der Waals surface area contributed by atoms with Gasteiger partial charge in [-0.2, -0.15) is 5.26 Å². The number of nitrogens with zero attached hydrogens (tertiary/aromatic N) is 1. The first-order chi connectivity index (χ1) is 17.6. The molecule has 12 heteroatoms. The minimum Gasteiger partial charge on any atom is -0.377 e. The van der Waals surface area contributed by atoms with Crippen molar-refractivity contribution in [1.82, 2.24) is 5.32 Å². The lowest BCUT2D eigenvalue weighted by molar-refractivity contribution is 0.243. The van der Waals surface area contributed by atoms with E-state index in [-0.39, 0.29) is 33.4 Å². The second-order valence-electron chi connectivity index (χ2n) is 8.88. The highest BCUT2D eigenvalue weighted by Gasteiger charge is 2.30. The summed E-state index contributed by atoms with van der Waals surface area (Å²) in [6.07, 6.45) is 2.38. The Bertz CT molecular complexity index is 1570. The molecule has 0 heterocycles. The summed E-state index contributed by atoms with van der Waals surface area (Å²) in [6.45, 7) is 1.64. The molecule has 0 spiro atoms. The minimum absolute atomic E-state index is 0.0288. The largest absolute Gasteiger partial charge is 0.377 e. The Labute approximate surface area is 218 Å². The number of carbonyl (C=O) groups excluding carboxylic acids is 1. The zero-order chi connectivity index (χ0) is 26.7. The summed E-state index contributed by atoms with van der Waals surface area (Å²) in [7, 11) is -4.04. The van der Waals surface area contributed by atoms with Crippen LogP contribution in [-0.2, 0) is 10.0 Å². The summed E-state index contributed by atoms with van der Waals surface area (Å²) in [5.41, 5.74) is -0.656. The molecule has 3 aromatic carbocycles. The fraction of sp³-hybridized carbons (Fsp3) is 0.280. The molecule has 37 heavy (non-hydrogen) atoms. The number of halogens is 1. The molecule has 1 fully saturated rings. The number of urea groups is 1. The molecule has 1 aliphatic rings. The van der Waals surface area contributed by atoms with Crippen LogP contribution in [0.4, 0.5) is 21.9 Å². The molecule has 4 rings (SSSR count). The van der Waals surface area contributed by atoms with Gasteiger partial charge >= 0.3 is 6.03 Å². The maximum atomic E-state index is 12.8. The Morgan fingerprint density at radius 3 is 2.30 bits per heavy atom. The van der Waals surface area contributed by atoms with Gasteiger partial charge in [0.15, 0.2) is 0 Å². The van der Waals surface area contributed by atoms with Crippen LogP contribution < -0.4 is 31.5 Å². The van der Waals surface area contributed by atoms with Gasteiger partial charge in [-0.25, -0.2) is 13.2 Å². The van der Waals surface area contributed by atoms with Gasteiger partial charge in [0.2, 0.25) is 0 Å². The maximum absolute atomic E-state index is 12.8. The second-order valence-corrected chi connectivity index (χ2v) is 10.9. The molecule has 0 aromatic heterocycles. The van der Waals surface area contributed by atoms with Crippen molar-refractivity contribution in [3.63, 3.8) is 0 Å². The monoisotopic (exact) mass is 541 g/mol. The predicted octanol–water partition coefficient (Wildman–Crippen LogP) is 3.46. The summed E-state index contributed by atoms with van der Waals surface area (Å²) in [6, 6.07) is 12.2. The molecule has 0 aliphatic heterocycles. The van der Waals surface area contributed by atoms with Gasteiger partial charge in [0.05, 0.1) is 27.2 Å². The fourth-order valence-corrected chi connectivity index (χ4v) is 5.84. The zero-order valence-electron chi connectivity index (χ0n) is 19.8. The fourth-order valence-electron chi connectivity index (χ4n) is 4.29. The van der Waals surface area contributed by atoms with Crippen LogP contribution in [-0.4, -0.2) is 26.5 Å². The zero-order valence-corrected chi connectivity index (χ0v) is 21.4. The van der Waals surface area contributed by atoms with Gasteiger partial charge in [0.1, 0.15) is 11.4 Å². The van der Waals surface area contributed by atoms with E-state index in [4.69, 9.17) is 16.9 Å². The SMILES string of the molecule is Cc1ccccc1S(=O)(=O)Nc1c(NC2CCC(NC(=O)Nc3ccc(C#N)cc3Cl)CC2)c(=O)c1=O. The lowest BCUT2D eigenvalue weighted by Crippen LogP contribution is -2.44. The number of carbonyl (C=O) groups is 1. The average molecular weight is 542 g/mol. The second kappa shape index (κ2) is 10.6. The van der Waals surface area contributed by atoms with E-state index in [2.05, 4.69) is 20.7 Å². The highest BCUT2D eigenvalue weighted by Crippen LogP contribution is 2.27. The number of benzene rings is 2. The Kier molecular flexibility index (Phi) is 7.52. The molecule has 0 bridgehead atoms. The third-order valence-electron chi connectivity index (χ3n) is 6.29. The van der Waals surface area contributed by atoms with Crippen molar-refractivity contribution in [3.8, 4) is 6.07 Å². The van der Waals surface area contributed by atoms with E-state index in [0.29, 0.717) is 42.5 Å². The highest BCUT2D eigenvalue weighted by molar-refractivity contribution is 7.92. The maximum Gasteiger partial charge on any atom is 0.319 e. The number of nitrogens with one attached hydrogen (secondary N) is 4. The van der Waals surface area contributed by atoms with E-state index >= 15 is 0 Å². The van der Waals surface area contributed by atoms with Gasteiger partial charge in [-0.1, -0.05) is 29.8 Å². The van der Waals surface area contributed by atoms with Crippen LogP contribution in [0.1, 0.15) is 36.8 Å². The van der Waals surface area contributed by atoms with E-state index in [1.54, 1.807) is 37.3 Å². The molecule has 192 valence electrons. The van der Waals surface area contributed by atoms with Gasteiger partial charge in [0.25, 0.3) is 20.9 Å². The first-order valence-corrected chi connectivity index (χ1v) is 13.4. The lowest BCUT2D eigenvalue weighted by atomic mass is 9.91. The van der Waals surface area contributed by atoms with Crippen molar-refractivity contribution < 1.29 is 13.2 Å². The molecule has 10 nitrogen and oxygen atoms in total. The topological polar surface area (TPSA) is 157 Å². The minimum atomic E-state index is -4.04. The first kappa shape index (κ1) is 26.2. The Morgan fingerprint density at radius 2 is 1.65 bits per heavy atom. The highest BCUT2D eigenvalue weighted by atomic mass is 35.5. The van der Waals surface area contributed by atoms with Crippen molar-refractivity contribution in [2.75, 3.05) is 15.4 Å². The van der Waals surface area contributed by atoms with E-state index < -0.39 is 26.9 Å². The van der Waals surface area contributed by atoms with Crippen LogP contribution >= 0.6 is 11.6 Å². The van der Waals surface area contributed by atoms with Crippen LogP contribution in [0.25, 0.3) is 0 Å². The average Bonchev–Trinajstić information content (AvgIpc) is 2.88. The van der Waals surface area contributed by atoms with Crippen molar-refractivity contribution in [3.05, 3.63) is 79.1 Å². The van der Waals surface area contributed by atoms with Crippen LogP contribution in [0.2, 0.25) is 5.02 Å². The number of aryl methyl sites for hydroxylation is 1. The molecule has 1 saturated carbocycles. The molecule has 0 saturated heterocycles. The predicted molar refractivity (Wildman–Crippen MR) is 141 cm³/mol. The third-order valence-corrected chi connectivity index (χ3v) is 8.11. The van der Waals surface area contributed by atoms with Crippen LogP contribution in [0.5, 0.6) is 0 Å². The number of sulfonamides is 1. The van der Waals surface area contributed by atoms with E-state index in [0.717, 1.165) is 0 Å². The van der Waals surface area contributed by atoms with E-state index in [9.17, 15) is 22.8 Å². The van der Waals surface area contributed by atoms with Gasteiger partial charge in [-0.3, -0.25) is 14.3 Å². The summed E-state index contributed by atoms with van der Waals surface area (Å²) in [5, 5.41) is 17.7. The van der Waals surface area contributed by atoms with Crippen LogP contribution in [0.15, 0.2) is 56.9 Å². The standard InChI is InChI=1S/C25H24ClN5O5S/c1-14-4-2-3-5-20(14)37(35,36)31-22-21(23(32)24(22)33)28-16-7-9-17(10-8-16)29-25(34)30-19-11-6-15(13-27)12-18(19)26/h2-6,11-12,16-17,28,31H,7-10H2,1H3,(H2,29,30,34). The Hall–Kier alpha value is -3.88. The number of hydrogen-bond donors (Lipinski definition) is 4. The molecule has 4 N–H and O–H groups in total. The molecule has 0 unspecified atom stereocenters. The Balaban J connectivity index is 1.33. The number of hydrogen-bond acceptors (Lipinski definition) is 7. The van der Waals surface area contributed by atoms with Crippen molar-refractivity contribution >= 4 is 44.7 Å². The number of amides is 2. The molecule has 1 aliphatic carbocycles. The van der Waals surface area contributed by atoms with E-state index in [1.165, 1.54) is 12.1 Å². The summed E-state index contributed by atoms with van der Waals surface area (Å²) in [4.78, 5) is 36.7. The number of nitriles is 1. The smallest absolute Gasteiger partial charge is 0.319 e. The van der Waals surface area contributed by atoms with Crippen molar-refractivity contribution in [1.29, 1.82) is 5.26 Å². The number of anilines is 3. The number of rotatable bonds is 7. The van der Waals surface area contributed by atoms with Gasteiger partial charge in [-0.05, 0) is 62.4 Å². The molecule has 2 amide bonds. The summed E-state index contributed by atoms with van der Waals surface area (Å²) >= 11 is 6.10. The lowest BCUT2D eigenvalue weighted by Gasteiger charge is -2.31. The molecule has 0 radical (unpaired) electrons. The molecular weight excluding hydrogens is 518 g/mol. The van der Waals surface area contributed by atoms with Crippen LogP contribution in [0.3, 0.4) is 0 Å². The first-order valence-electron chi connectivity index (χ1n) is 11.5. The molecular formula is C25H24ClN5O5S. The van der Waals surface area contributed by atoms with Gasteiger partial charge in [0, 0.05) is 12.1 Å². The molecule has 0 atom stereocenters. The quantitative estimate of drug-likeness (QED) is 0.333. The Morgan fingerprint density at radius 1 is 1.00 bits per heavy atom. The van der Waals surface area contributed by atoms with Crippen LogP contribution in [0, 0.1) is 18.3 Å². The van der Waals surface area contributed by atoms with Crippen molar-refractivity contribution in [2.24, 2.45) is 0 Å².